The maximum absolute atomic E-state index is 5.67. The molecule has 2 saturated heterocycles. The second-order valence-corrected chi connectivity index (χ2v) is 11.4. The number of hydrogen-bond acceptors (Lipinski definition) is 4. The van der Waals surface area contributed by atoms with Gasteiger partial charge in [-0.3, -0.25) is 4.90 Å². The van der Waals surface area contributed by atoms with E-state index in [0.717, 1.165) is 38.0 Å². The Balaban J connectivity index is 1.50. The molecule has 4 rings (SSSR count). The zero-order valence-corrected chi connectivity index (χ0v) is 20.6. The van der Waals surface area contributed by atoms with Crippen molar-refractivity contribution in [2.24, 2.45) is 17.3 Å². The van der Waals surface area contributed by atoms with E-state index >= 15 is 0 Å². The minimum atomic E-state index is 0.207. The summed E-state index contributed by atoms with van der Waals surface area (Å²) in [5.41, 5.74) is 3.61. The number of rotatable bonds is 5. The first-order valence-corrected chi connectivity index (χ1v) is 12.5. The SMILES string of the molecule is COc1ccc(N2CCN(CC3CCOCC3)CC2)c(C2(C)CCC(C)(C)CC2C)c1. The van der Waals surface area contributed by atoms with Gasteiger partial charge in [-0.25, -0.2) is 0 Å². The van der Waals surface area contributed by atoms with E-state index in [9.17, 15) is 0 Å². The monoisotopic (exact) mass is 428 g/mol. The van der Waals surface area contributed by atoms with E-state index < -0.39 is 0 Å². The number of piperazine rings is 1. The zero-order valence-electron chi connectivity index (χ0n) is 20.6. The normalized spacial score (nSPS) is 30.4. The second kappa shape index (κ2) is 9.31. The molecule has 174 valence electrons. The maximum atomic E-state index is 5.67. The van der Waals surface area contributed by atoms with E-state index in [-0.39, 0.29) is 5.41 Å². The van der Waals surface area contributed by atoms with Crippen LogP contribution in [0.2, 0.25) is 0 Å². The van der Waals surface area contributed by atoms with Gasteiger partial charge in [0.25, 0.3) is 0 Å². The third-order valence-corrected chi connectivity index (χ3v) is 8.66. The van der Waals surface area contributed by atoms with Crippen molar-refractivity contribution in [2.45, 2.75) is 65.2 Å². The first-order valence-electron chi connectivity index (χ1n) is 12.5. The molecule has 0 N–H and O–H groups in total. The predicted molar refractivity (Wildman–Crippen MR) is 129 cm³/mol. The van der Waals surface area contributed by atoms with Crippen LogP contribution in [0, 0.1) is 17.3 Å². The summed E-state index contributed by atoms with van der Waals surface area (Å²) < 4.78 is 11.2. The van der Waals surface area contributed by atoms with Crippen LogP contribution in [-0.2, 0) is 10.2 Å². The molecule has 2 aliphatic heterocycles. The van der Waals surface area contributed by atoms with E-state index in [1.807, 2.05) is 0 Å². The fourth-order valence-electron chi connectivity index (χ4n) is 6.24. The molecule has 2 atom stereocenters. The van der Waals surface area contributed by atoms with Crippen LogP contribution < -0.4 is 9.64 Å². The Kier molecular flexibility index (Phi) is 6.88. The second-order valence-electron chi connectivity index (χ2n) is 11.4. The van der Waals surface area contributed by atoms with Crippen molar-refractivity contribution in [3.63, 3.8) is 0 Å². The van der Waals surface area contributed by atoms with Crippen LogP contribution in [0.1, 0.15) is 65.4 Å². The van der Waals surface area contributed by atoms with Crippen LogP contribution in [0.4, 0.5) is 5.69 Å². The molecule has 31 heavy (non-hydrogen) atoms. The summed E-state index contributed by atoms with van der Waals surface area (Å²) in [6, 6.07) is 6.84. The van der Waals surface area contributed by atoms with Gasteiger partial charge in [0, 0.05) is 51.6 Å². The lowest BCUT2D eigenvalue weighted by Crippen LogP contribution is -2.49. The van der Waals surface area contributed by atoms with E-state index in [4.69, 9.17) is 9.47 Å². The maximum Gasteiger partial charge on any atom is 0.119 e. The van der Waals surface area contributed by atoms with E-state index in [1.54, 1.807) is 7.11 Å². The van der Waals surface area contributed by atoms with Crippen LogP contribution in [-0.4, -0.2) is 57.9 Å². The van der Waals surface area contributed by atoms with Crippen molar-refractivity contribution in [1.82, 2.24) is 4.90 Å². The van der Waals surface area contributed by atoms with Crippen molar-refractivity contribution in [1.29, 1.82) is 0 Å². The highest BCUT2D eigenvalue weighted by Gasteiger charge is 2.43. The molecule has 2 heterocycles. The lowest BCUT2D eigenvalue weighted by Gasteiger charge is -2.49. The van der Waals surface area contributed by atoms with Gasteiger partial charge in [-0.15, -0.1) is 0 Å². The Hall–Kier alpha value is -1.26. The molecule has 2 unspecified atom stereocenters. The Morgan fingerprint density at radius 2 is 1.74 bits per heavy atom. The number of benzene rings is 1. The first kappa shape index (κ1) is 22.9. The van der Waals surface area contributed by atoms with Crippen LogP contribution >= 0.6 is 0 Å². The molecule has 3 aliphatic rings. The average molecular weight is 429 g/mol. The van der Waals surface area contributed by atoms with Crippen molar-refractivity contribution in [2.75, 3.05) is 57.9 Å². The van der Waals surface area contributed by atoms with Gasteiger partial charge in [-0.2, -0.15) is 0 Å². The van der Waals surface area contributed by atoms with Gasteiger partial charge in [0.2, 0.25) is 0 Å². The summed E-state index contributed by atoms with van der Waals surface area (Å²) in [7, 11) is 1.80. The van der Waals surface area contributed by atoms with Crippen molar-refractivity contribution < 1.29 is 9.47 Å². The molecule has 0 aromatic heterocycles. The van der Waals surface area contributed by atoms with Crippen LogP contribution in [0.25, 0.3) is 0 Å². The quantitative estimate of drug-likeness (QED) is 0.631. The first-order chi connectivity index (χ1) is 14.8. The molecular weight excluding hydrogens is 384 g/mol. The molecule has 1 saturated carbocycles. The molecule has 1 aliphatic carbocycles. The highest BCUT2D eigenvalue weighted by Crippen LogP contribution is 2.52. The number of nitrogens with zero attached hydrogens (tertiary/aromatic N) is 2. The minimum Gasteiger partial charge on any atom is -0.497 e. The molecule has 4 heteroatoms. The Labute approximate surface area is 190 Å². The third-order valence-electron chi connectivity index (χ3n) is 8.66. The summed E-state index contributed by atoms with van der Waals surface area (Å²) in [5.74, 6) is 2.48. The average Bonchev–Trinajstić information content (AvgIpc) is 2.77. The van der Waals surface area contributed by atoms with Gasteiger partial charge >= 0.3 is 0 Å². The number of methoxy groups -OCH3 is 1. The molecule has 0 radical (unpaired) electrons. The van der Waals surface area contributed by atoms with Gasteiger partial charge in [0.05, 0.1) is 7.11 Å². The van der Waals surface area contributed by atoms with Gasteiger partial charge in [-0.05, 0) is 78.5 Å². The molecular formula is C27H44N2O2. The van der Waals surface area contributed by atoms with Crippen LogP contribution in [0.5, 0.6) is 5.75 Å². The molecule has 3 fully saturated rings. The van der Waals surface area contributed by atoms with Crippen molar-refractivity contribution >= 4 is 5.69 Å². The predicted octanol–water partition coefficient (Wildman–Crippen LogP) is 5.35. The summed E-state index contributed by atoms with van der Waals surface area (Å²) >= 11 is 0. The van der Waals surface area contributed by atoms with Crippen LogP contribution in [0.3, 0.4) is 0 Å². The van der Waals surface area contributed by atoms with Crippen molar-refractivity contribution in [3.05, 3.63) is 23.8 Å². The molecule has 0 bridgehead atoms. The molecule has 4 nitrogen and oxygen atoms in total. The van der Waals surface area contributed by atoms with Gasteiger partial charge < -0.3 is 14.4 Å². The van der Waals surface area contributed by atoms with E-state index in [2.05, 4.69) is 55.7 Å². The molecule has 1 aromatic carbocycles. The Morgan fingerprint density at radius 3 is 2.39 bits per heavy atom. The smallest absolute Gasteiger partial charge is 0.119 e. The molecule has 0 amide bonds. The largest absolute Gasteiger partial charge is 0.497 e. The summed E-state index contributed by atoms with van der Waals surface area (Å²) in [5, 5.41) is 0. The number of anilines is 1. The van der Waals surface area contributed by atoms with E-state index in [0.29, 0.717) is 11.3 Å². The fraction of sp³-hybridized carbons (Fsp3) is 0.778. The summed E-state index contributed by atoms with van der Waals surface area (Å²) in [6.45, 7) is 17.6. The van der Waals surface area contributed by atoms with Crippen molar-refractivity contribution in [3.8, 4) is 5.75 Å². The Morgan fingerprint density at radius 1 is 1.03 bits per heavy atom. The summed E-state index contributed by atoms with van der Waals surface area (Å²) in [6.07, 6.45) is 6.30. The number of hydrogen-bond donors (Lipinski definition) is 0. The highest BCUT2D eigenvalue weighted by molar-refractivity contribution is 5.60. The highest BCUT2D eigenvalue weighted by atomic mass is 16.5. The third kappa shape index (κ3) is 5.06. The zero-order chi connectivity index (χ0) is 22.1. The standard InChI is InChI=1S/C27H44N2O2/c1-21-19-26(2,3)10-11-27(21,4)24-18-23(30-5)6-7-25(24)29-14-12-28(13-15-29)20-22-8-16-31-17-9-22/h6-7,18,21-22H,8-17,19-20H2,1-5H3. The molecule has 1 aromatic rings. The minimum absolute atomic E-state index is 0.207. The topological polar surface area (TPSA) is 24.9 Å². The number of ether oxygens (including phenoxy) is 2. The molecule has 0 spiro atoms. The van der Waals surface area contributed by atoms with Gasteiger partial charge in [0.15, 0.2) is 0 Å². The van der Waals surface area contributed by atoms with Gasteiger partial charge in [0.1, 0.15) is 5.75 Å². The summed E-state index contributed by atoms with van der Waals surface area (Å²) in [4.78, 5) is 5.33. The van der Waals surface area contributed by atoms with Crippen LogP contribution in [0.15, 0.2) is 18.2 Å². The Bertz CT molecular complexity index is 735. The van der Waals surface area contributed by atoms with Gasteiger partial charge in [-0.1, -0.05) is 27.7 Å². The lowest BCUT2D eigenvalue weighted by molar-refractivity contribution is 0.0517. The van der Waals surface area contributed by atoms with E-state index in [1.165, 1.54) is 63.0 Å². The fourth-order valence-corrected chi connectivity index (χ4v) is 6.24. The lowest BCUT2D eigenvalue weighted by atomic mass is 9.57.